The van der Waals surface area contributed by atoms with E-state index >= 15 is 0 Å². The zero-order valence-electron chi connectivity index (χ0n) is 10.2. The van der Waals surface area contributed by atoms with Gasteiger partial charge in [-0.15, -0.1) is 0 Å². The molecule has 0 aliphatic carbocycles. The molecule has 1 unspecified atom stereocenters. The summed E-state index contributed by atoms with van der Waals surface area (Å²) in [5.41, 5.74) is 0.885. The van der Waals surface area contributed by atoms with Crippen molar-refractivity contribution in [2.75, 3.05) is 26.1 Å². The smallest absolute Gasteiger partial charge is 0.156 e. The minimum absolute atomic E-state index is 0.286. The van der Waals surface area contributed by atoms with Crippen LogP contribution in [0.5, 0.6) is 5.75 Å². The van der Waals surface area contributed by atoms with Gasteiger partial charge < -0.3 is 14.8 Å². The Bertz CT molecular complexity index is 374. The lowest BCUT2D eigenvalue weighted by Crippen LogP contribution is -2.17. The summed E-state index contributed by atoms with van der Waals surface area (Å²) in [5, 5.41) is 4.02. The first-order valence-corrected chi connectivity index (χ1v) is 6.54. The van der Waals surface area contributed by atoms with Gasteiger partial charge in [-0.25, -0.2) is 0 Å². The van der Waals surface area contributed by atoms with Gasteiger partial charge in [-0.1, -0.05) is 11.6 Å². The fraction of sp³-hybridized carbons (Fsp3) is 0.500. The minimum atomic E-state index is 0.286. The fourth-order valence-electron chi connectivity index (χ4n) is 1.51. The van der Waals surface area contributed by atoms with Gasteiger partial charge in [-0.2, -0.15) is 0 Å². The van der Waals surface area contributed by atoms with Gasteiger partial charge in [0.1, 0.15) is 0 Å². The molecule has 3 nitrogen and oxygen atoms in total. The number of benzene rings is 1. The van der Waals surface area contributed by atoms with E-state index in [2.05, 4.69) is 28.2 Å². The summed E-state index contributed by atoms with van der Waals surface area (Å²) in [5.74, 6) is 0.763. The third kappa shape index (κ3) is 4.37. The van der Waals surface area contributed by atoms with Crippen LogP contribution in [-0.2, 0) is 4.74 Å². The lowest BCUT2D eigenvalue weighted by atomic mass is 10.2. The van der Waals surface area contributed by atoms with E-state index in [1.807, 2.05) is 12.1 Å². The molecule has 0 spiro atoms. The Morgan fingerprint density at radius 1 is 1.41 bits per heavy atom. The van der Waals surface area contributed by atoms with Crippen LogP contribution in [0.1, 0.15) is 13.3 Å². The van der Waals surface area contributed by atoms with Crippen LogP contribution in [0.3, 0.4) is 0 Å². The Labute approximate surface area is 116 Å². The molecule has 96 valence electrons. The van der Waals surface area contributed by atoms with Gasteiger partial charge >= 0.3 is 0 Å². The van der Waals surface area contributed by atoms with E-state index < -0.39 is 0 Å². The second-order valence-electron chi connectivity index (χ2n) is 3.80. The summed E-state index contributed by atoms with van der Waals surface area (Å²) in [6, 6.07) is 3.95. The molecule has 5 heteroatoms. The molecule has 0 aromatic heterocycles. The van der Waals surface area contributed by atoms with Gasteiger partial charge in [0.25, 0.3) is 0 Å². The van der Waals surface area contributed by atoms with Crippen LogP contribution in [0.15, 0.2) is 16.6 Å². The predicted octanol–water partition coefficient (Wildman–Crippen LogP) is 3.95. The van der Waals surface area contributed by atoms with Crippen molar-refractivity contribution in [3.8, 4) is 5.75 Å². The second kappa shape index (κ2) is 7.09. The Hall–Kier alpha value is -0.450. The number of ether oxygens (including phenoxy) is 2. The van der Waals surface area contributed by atoms with Crippen LogP contribution in [0.25, 0.3) is 0 Å². The molecule has 1 atom stereocenters. The van der Waals surface area contributed by atoms with Crippen molar-refractivity contribution in [1.29, 1.82) is 0 Å². The van der Waals surface area contributed by atoms with Crippen LogP contribution in [-0.4, -0.2) is 26.9 Å². The average Bonchev–Trinajstić information content (AvgIpc) is 2.25. The minimum Gasteiger partial charge on any atom is -0.493 e. The first-order chi connectivity index (χ1) is 8.08. The summed E-state index contributed by atoms with van der Waals surface area (Å²) in [6.45, 7) is 2.81. The van der Waals surface area contributed by atoms with Crippen molar-refractivity contribution in [2.45, 2.75) is 19.4 Å². The maximum Gasteiger partial charge on any atom is 0.156 e. The molecule has 0 radical (unpaired) electrons. The number of halogens is 2. The lowest BCUT2D eigenvalue weighted by molar-refractivity contribution is 0.191. The van der Waals surface area contributed by atoms with Crippen molar-refractivity contribution in [1.82, 2.24) is 0 Å². The van der Waals surface area contributed by atoms with Gasteiger partial charge in [0.2, 0.25) is 0 Å². The molecular weight excluding hydrogens is 305 g/mol. The number of anilines is 1. The fourth-order valence-corrected chi connectivity index (χ4v) is 2.48. The van der Waals surface area contributed by atoms with Gasteiger partial charge in [0.15, 0.2) is 5.75 Å². The maximum atomic E-state index is 6.02. The highest BCUT2D eigenvalue weighted by Crippen LogP contribution is 2.36. The van der Waals surface area contributed by atoms with Crippen LogP contribution in [0, 0.1) is 0 Å². The number of rotatable bonds is 6. The molecular formula is C12H17BrClNO2. The molecule has 0 saturated carbocycles. The van der Waals surface area contributed by atoms with Gasteiger partial charge in [-0.05, 0) is 41.4 Å². The third-order valence-corrected chi connectivity index (χ3v) is 3.18. The summed E-state index contributed by atoms with van der Waals surface area (Å²) in [4.78, 5) is 0. The summed E-state index contributed by atoms with van der Waals surface area (Å²) in [6.07, 6.45) is 0.920. The monoisotopic (exact) mass is 321 g/mol. The van der Waals surface area contributed by atoms with Gasteiger partial charge in [0.05, 0.1) is 17.3 Å². The summed E-state index contributed by atoms with van der Waals surface area (Å²) in [7, 11) is 3.34. The van der Waals surface area contributed by atoms with Crippen LogP contribution >= 0.6 is 27.5 Å². The van der Waals surface area contributed by atoms with E-state index in [4.69, 9.17) is 21.1 Å². The Kier molecular flexibility index (Phi) is 6.09. The second-order valence-corrected chi connectivity index (χ2v) is 5.09. The lowest BCUT2D eigenvalue weighted by Gasteiger charge is -2.18. The van der Waals surface area contributed by atoms with E-state index in [1.54, 1.807) is 14.2 Å². The zero-order valence-corrected chi connectivity index (χ0v) is 12.6. The number of methoxy groups -OCH3 is 2. The molecule has 0 aliphatic rings. The quantitative estimate of drug-likeness (QED) is 0.860. The summed E-state index contributed by atoms with van der Waals surface area (Å²) >= 11 is 9.44. The number of hydrogen-bond donors (Lipinski definition) is 1. The van der Waals surface area contributed by atoms with E-state index in [-0.39, 0.29) is 6.04 Å². The molecule has 0 aliphatic heterocycles. The molecule has 0 amide bonds. The SMILES string of the molecule is COCCC(C)Nc1cc(Cl)cc(Br)c1OC. The Morgan fingerprint density at radius 2 is 2.12 bits per heavy atom. The highest BCUT2D eigenvalue weighted by Gasteiger charge is 2.11. The van der Waals surface area contributed by atoms with Crippen LogP contribution in [0.4, 0.5) is 5.69 Å². The highest BCUT2D eigenvalue weighted by atomic mass is 79.9. The molecule has 1 aromatic rings. The molecule has 0 bridgehead atoms. The van der Waals surface area contributed by atoms with Gasteiger partial charge in [-0.3, -0.25) is 0 Å². The maximum absolute atomic E-state index is 6.02. The first kappa shape index (κ1) is 14.6. The average molecular weight is 323 g/mol. The van der Waals surface area contributed by atoms with E-state index in [1.165, 1.54) is 0 Å². The largest absolute Gasteiger partial charge is 0.493 e. The summed E-state index contributed by atoms with van der Waals surface area (Å²) < 4.78 is 11.2. The molecule has 0 fully saturated rings. The van der Waals surface area contributed by atoms with E-state index in [9.17, 15) is 0 Å². The number of nitrogens with one attached hydrogen (secondary N) is 1. The Morgan fingerprint density at radius 3 is 2.71 bits per heavy atom. The standard InChI is InChI=1S/C12H17BrClNO2/c1-8(4-5-16-2)15-11-7-9(14)6-10(13)12(11)17-3/h6-8,15H,4-5H2,1-3H3. The molecule has 1 rings (SSSR count). The first-order valence-electron chi connectivity index (χ1n) is 5.37. The molecule has 0 saturated heterocycles. The molecule has 1 aromatic carbocycles. The van der Waals surface area contributed by atoms with E-state index in [0.717, 1.165) is 28.9 Å². The van der Waals surface area contributed by atoms with Crippen molar-refractivity contribution in [2.24, 2.45) is 0 Å². The van der Waals surface area contributed by atoms with E-state index in [0.29, 0.717) is 5.02 Å². The highest BCUT2D eigenvalue weighted by molar-refractivity contribution is 9.10. The van der Waals surface area contributed by atoms with Gasteiger partial charge in [0, 0.05) is 24.8 Å². The molecule has 0 heterocycles. The normalized spacial score (nSPS) is 12.3. The van der Waals surface area contributed by atoms with Crippen LogP contribution in [0.2, 0.25) is 5.02 Å². The van der Waals surface area contributed by atoms with Crippen molar-refractivity contribution >= 4 is 33.2 Å². The van der Waals surface area contributed by atoms with Crippen molar-refractivity contribution < 1.29 is 9.47 Å². The number of hydrogen-bond acceptors (Lipinski definition) is 3. The molecule has 17 heavy (non-hydrogen) atoms. The molecule has 1 N–H and O–H groups in total. The Balaban J connectivity index is 2.81. The zero-order chi connectivity index (χ0) is 12.8. The van der Waals surface area contributed by atoms with Crippen LogP contribution < -0.4 is 10.1 Å². The topological polar surface area (TPSA) is 30.5 Å². The van der Waals surface area contributed by atoms with Crippen molar-refractivity contribution in [3.63, 3.8) is 0 Å². The third-order valence-electron chi connectivity index (χ3n) is 2.37. The van der Waals surface area contributed by atoms with Crippen molar-refractivity contribution in [3.05, 3.63) is 21.6 Å². The predicted molar refractivity (Wildman–Crippen MR) is 75.3 cm³/mol.